The van der Waals surface area contributed by atoms with Gasteiger partial charge >= 0.3 is 11.3 Å². The molecule has 0 amide bonds. The molecule has 3 N–H and O–H groups in total. The fraction of sp³-hybridized carbons (Fsp3) is 0.135. The van der Waals surface area contributed by atoms with Crippen molar-refractivity contribution in [1.29, 1.82) is 0 Å². The van der Waals surface area contributed by atoms with E-state index in [1.54, 1.807) is 48.5 Å². The highest BCUT2D eigenvalue weighted by Gasteiger charge is 2.19. The summed E-state index contributed by atoms with van der Waals surface area (Å²) < 4.78 is 15.9. The predicted octanol–water partition coefficient (Wildman–Crippen LogP) is 6.49. The minimum Gasteiger partial charge on any atom is -0.508 e. The number of fused-ring (bicyclic) bond motifs is 2. The van der Waals surface area contributed by atoms with Gasteiger partial charge in [0.1, 0.15) is 34.2 Å². The SMILES string of the molecule is O=C(c1ccc2oc(=O)ccc2c1)c1ccc(O)cc1O.O=C(c1ccc2oc(=O)ccc2c1)c1ccc(OC2CCCC2)cc1O. The van der Waals surface area contributed by atoms with Crippen LogP contribution in [0.5, 0.6) is 23.0 Å². The van der Waals surface area contributed by atoms with Gasteiger partial charge in [0.2, 0.25) is 0 Å². The minimum atomic E-state index is -0.460. The van der Waals surface area contributed by atoms with Crippen molar-refractivity contribution < 1.29 is 38.5 Å². The van der Waals surface area contributed by atoms with Crippen LogP contribution < -0.4 is 16.0 Å². The summed E-state index contributed by atoms with van der Waals surface area (Å²) in [6.45, 7) is 0. The quantitative estimate of drug-likeness (QED) is 0.137. The van der Waals surface area contributed by atoms with E-state index in [4.69, 9.17) is 13.6 Å². The standard InChI is InChI=1S/C21H18O5.C16H10O5/c22-18-12-16(25-15-3-1-2-4-15)7-8-17(18)21(24)14-5-9-19-13(11-14)6-10-20(23)26-19;17-11-3-4-12(13(18)8-11)16(20)10-1-5-14-9(7-10)2-6-15(19)21-14/h5-12,15,22H,1-4H2;1-8,17-18H. The Labute approximate surface area is 266 Å². The fourth-order valence-electron chi connectivity index (χ4n) is 5.42. The van der Waals surface area contributed by atoms with Crippen LogP contribution in [-0.4, -0.2) is 33.0 Å². The van der Waals surface area contributed by atoms with Crippen LogP contribution in [0.15, 0.2) is 115 Å². The molecule has 4 aromatic carbocycles. The van der Waals surface area contributed by atoms with Gasteiger partial charge in [-0.05, 0) is 98.5 Å². The molecular formula is C37H28O10. The Balaban J connectivity index is 0.000000168. The van der Waals surface area contributed by atoms with E-state index >= 15 is 0 Å². The molecule has 0 radical (unpaired) electrons. The number of rotatable bonds is 6. The van der Waals surface area contributed by atoms with E-state index in [0.717, 1.165) is 31.7 Å². The number of ether oxygens (including phenoxy) is 1. The number of benzene rings is 4. The second kappa shape index (κ2) is 13.1. The van der Waals surface area contributed by atoms with Crippen molar-refractivity contribution >= 4 is 33.5 Å². The lowest BCUT2D eigenvalue weighted by Crippen LogP contribution is -2.11. The molecule has 10 nitrogen and oxygen atoms in total. The number of carbonyl (C=O) groups excluding carboxylic acids is 2. The molecule has 1 aliphatic rings. The van der Waals surface area contributed by atoms with Crippen LogP contribution in [0.1, 0.15) is 57.5 Å². The summed E-state index contributed by atoms with van der Waals surface area (Å²) in [4.78, 5) is 47.5. The van der Waals surface area contributed by atoms with E-state index in [9.17, 15) is 34.5 Å². The molecule has 6 aromatic rings. The van der Waals surface area contributed by atoms with E-state index in [0.29, 0.717) is 38.8 Å². The van der Waals surface area contributed by atoms with Crippen LogP contribution >= 0.6 is 0 Å². The van der Waals surface area contributed by atoms with Crippen LogP contribution in [0.2, 0.25) is 0 Å². The molecule has 236 valence electrons. The van der Waals surface area contributed by atoms with Crippen molar-refractivity contribution in [2.24, 2.45) is 0 Å². The summed E-state index contributed by atoms with van der Waals surface area (Å²) in [5.74, 6) is -0.635. The molecule has 10 heteroatoms. The van der Waals surface area contributed by atoms with Gasteiger partial charge in [-0.3, -0.25) is 9.59 Å². The van der Waals surface area contributed by atoms with Crippen molar-refractivity contribution in [3.05, 3.63) is 140 Å². The molecule has 0 aliphatic heterocycles. The summed E-state index contributed by atoms with van der Waals surface area (Å²) in [6.07, 6.45) is 4.56. The largest absolute Gasteiger partial charge is 0.508 e. The average molecular weight is 633 g/mol. The molecule has 1 saturated carbocycles. The first-order chi connectivity index (χ1) is 22.6. The molecule has 2 aromatic heterocycles. The highest BCUT2D eigenvalue weighted by atomic mass is 16.5. The Bertz CT molecular complexity index is 2260. The summed E-state index contributed by atoms with van der Waals surface area (Å²) in [7, 11) is 0. The van der Waals surface area contributed by atoms with Gasteiger partial charge in [0.25, 0.3) is 0 Å². The summed E-state index contributed by atoms with van der Waals surface area (Å²) in [6, 6.07) is 23.7. The molecule has 47 heavy (non-hydrogen) atoms. The molecule has 7 rings (SSSR count). The molecule has 1 aliphatic carbocycles. The van der Waals surface area contributed by atoms with Crippen LogP contribution in [0.25, 0.3) is 21.9 Å². The third-order valence-electron chi connectivity index (χ3n) is 7.81. The third kappa shape index (κ3) is 6.91. The van der Waals surface area contributed by atoms with Gasteiger partial charge in [-0.15, -0.1) is 0 Å². The van der Waals surface area contributed by atoms with E-state index in [-0.39, 0.29) is 46.0 Å². The minimum absolute atomic E-state index is 0.0875. The van der Waals surface area contributed by atoms with Crippen molar-refractivity contribution in [3.63, 3.8) is 0 Å². The first kappa shape index (κ1) is 30.8. The third-order valence-corrected chi connectivity index (χ3v) is 7.81. The second-order valence-corrected chi connectivity index (χ2v) is 11.1. The summed E-state index contributed by atoms with van der Waals surface area (Å²) in [5, 5.41) is 30.5. The zero-order valence-corrected chi connectivity index (χ0v) is 24.8. The molecule has 0 bridgehead atoms. The maximum atomic E-state index is 12.7. The van der Waals surface area contributed by atoms with Gasteiger partial charge < -0.3 is 28.9 Å². The van der Waals surface area contributed by atoms with Crippen LogP contribution in [0.3, 0.4) is 0 Å². The van der Waals surface area contributed by atoms with Crippen LogP contribution in [0, 0.1) is 0 Å². The smallest absolute Gasteiger partial charge is 0.336 e. The normalized spacial score (nSPS) is 12.9. The van der Waals surface area contributed by atoms with E-state index < -0.39 is 11.3 Å². The van der Waals surface area contributed by atoms with E-state index in [2.05, 4.69) is 0 Å². The molecule has 1 fully saturated rings. The molecule has 0 unspecified atom stereocenters. The Kier molecular flexibility index (Phi) is 8.57. The number of carbonyl (C=O) groups is 2. The highest BCUT2D eigenvalue weighted by molar-refractivity contribution is 6.12. The summed E-state index contributed by atoms with van der Waals surface area (Å²) in [5.41, 5.74) is 0.950. The van der Waals surface area contributed by atoms with E-state index in [1.807, 2.05) is 0 Å². The van der Waals surface area contributed by atoms with Crippen molar-refractivity contribution in [3.8, 4) is 23.0 Å². The van der Waals surface area contributed by atoms with Gasteiger partial charge in [-0.1, -0.05) is 0 Å². The number of ketones is 2. The number of hydrogen-bond donors (Lipinski definition) is 3. The predicted molar refractivity (Wildman–Crippen MR) is 173 cm³/mol. The molecular weight excluding hydrogens is 604 g/mol. The molecule has 0 spiro atoms. The lowest BCUT2D eigenvalue weighted by Gasteiger charge is -2.14. The van der Waals surface area contributed by atoms with Gasteiger partial charge in [0, 0.05) is 46.2 Å². The maximum absolute atomic E-state index is 12.7. The van der Waals surface area contributed by atoms with Crippen molar-refractivity contribution in [2.45, 2.75) is 31.8 Å². The van der Waals surface area contributed by atoms with Crippen LogP contribution in [0.4, 0.5) is 0 Å². The Morgan fingerprint density at radius 2 is 1.11 bits per heavy atom. The average Bonchev–Trinajstić information content (AvgIpc) is 3.57. The number of phenolic OH excluding ortho intramolecular Hbond substituents is 3. The summed E-state index contributed by atoms with van der Waals surface area (Å²) >= 11 is 0. The van der Waals surface area contributed by atoms with Crippen molar-refractivity contribution in [1.82, 2.24) is 0 Å². The molecule has 0 saturated heterocycles. The first-order valence-electron chi connectivity index (χ1n) is 14.8. The number of hydrogen-bond acceptors (Lipinski definition) is 10. The highest BCUT2D eigenvalue weighted by Crippen LogP contribution is 2.30. The lowest BCUT2D eigenvalue weighted by molar-refractivity contribution is 0.102. The fourth-order valence-corrected chi connectivity index (χ4v) is 5.42. The Morgan fingerprint density at radius 3 is 1.62 bits per heavy atom. The lowest BCUT2D eigenvalue weighted by atomic mass is 10.0. The molecule has 2 heterocycles. The van der Waals surface area contributed by atoms with Gasteiger partial charge in [0.05, 0.1) is 17.2 Å². The first-order valence-corrected chi connectivity index (χ1v) is 14.8. The van der Waals surface area contributed by atoms with Gasteiger partial charge in [-0.2, -0.15) is 0 Å². The molecule has 0 atom stereocenters. The van der Waals surface area contributed by atoms with Crippen LogP contribution in [-0.2, 0) is 0 Å². The zero-order valence-electron chi connectivity index (χ0n) is 24.8. The van der Waals surface area contributed by atoms with Gasteiger partial charge in [0.15, 0.2) is 11.6 Å². The second-order valence-electron chi connectivity index (χ2n) is 11.1. The number of aromatic hydroxyl groups is 3. The monoisotopic (exact) mass is 632 g/mol. The van der Waals surface area contributed by atoms with E-state index in [1.165, 1.54) is 42.5 Å². The Morgan fingerprint density at radius 1 is 0.596 bits per heavy atom. The number of phenols is 3. The topological polar surface area (TPSA) is 164 Å². The Hall–Kier alpha value is -6.16. The maximum Gasteiger partial charge on any atom is 0.336 e. The van der Waals surface area contributed by atoms with Crippen molar-refractivity contribution in [2.75, 3.05) is 0 Å². The zero-order chi connectivity index (χ0) is 33.1. The van der Waals surface area contributed by atoms with Gasteiger partial charge in [-0.25, -0.2) is 9.59 Å².